The molecule has 4 nitrogen and oxygen atoms in total. The van der Waals surface area contributed by atoms with Crippen molar-refractivity contribution in [3.05, 3.63) is 64.7 Å². The van der Waals surface area contributed by atoms with Crippen LogP contribution in [0.1, 0.15) is 30.4 Å². The van der Waals surface area contributed by atoms with Crippen molar-refractivity contribution < 1.29 is 9.59 Å². The van der Waals surface area contributed by atoms with Crippen LogP contribution in [0.2, 0.25) is 5.02 Å². The molecule has 3 rings (SSSR count). The number of rotatable bonds is 5. The van der Waals surface area contributed by atoms with Gasteiger partial charge in [0, 0.05) is 30.2 Å². The summed E-state index contributed by atoms with van der Waals surface area (Å²) < 4.78 is 0. The van der Waals surface area contributed by atoms with Gasteiger partial charge in [-0.25, -0.2) is 0 Å². The number of hydrogen-bond acceptors (Lipinski definition) is 2. The van der Waals surface area contributed by atoms with E-state index in [-0.39, 0.29) is 18.2 Å². The zero-order valence-electron chi connectivity index (χ0n) is 14.0. The number of nitrogens with zero attached hydrogens (tertiary/aromatic N) is 1. The minimum Gasteiger partial charge on any atom is -0.352 e. The zero-order valence-corrected chi connectivity index (χ0v) is 14.8. The van der Waals surface area contributed by atoms with Crippen molar-refractivity contribution in [3.8, 4) is 0 Å². The van der Waals surface area contributed by atoms with E-state index in [4.69, 9.17) is 11.6 Å². The Morgan fingerprint density at radius 2 is 1.96 bits per heavy atom. The van der Waals surface area contributed by atoms with Gasteiger partial charge in [0.1, 0.15) is 0 Å². The molecule has 0 unspecified atom stereocenters. The molecule has 1 aliphatic rings. The Morgan fingerprint density at radius 3 is 2.76 bits per heavy atom. The Balaban J connectivity index is 1.60. The van der Waals surface area contributed by atoms with Gasteiger partial charge in [0.15, 0.2) is 0 Å². The van der Waals surface area contributed by atoms with Crippen LogP contribution in [0.15, 0.2) is 48.5 Å². The first kappa shape index (κ1) is 17.5. The zero-order chi connectivity index (χ0) is 17.6. The maximum Gasteiger partial charge on any atom is 0.226 e. The number of piperidine rings is 1. The molecule has 0 aromatic heterocycles. The van der Waals surface area contributed by atoms with E-state index in [1.165, 1.54) is 0 Å². The van der Waals surface area contributed by atoms with Crippen molar-refractivity contribution in [1.82, 2.24) is 5.32 Å². The summed E-state index contributed by atoms with van der Waals surface area (Å²) in [7, 11) is 0. The number of anilines is 1. The number of carbonyl (C=O) groups is 2. The molecule has 1 fully saturated rings. The molecule has 1 N–H and O–H groups in total. The third-order valence-electron chi connectivity index (χ3n) is 4.34. The van der Waals surface area contributed by atoms with Gasteiger partial charge in [-0.1, -0.05) is 41.9 Å². The topological polar surface area (TPSA) is 49.4 Å². The normalized spacial score (nSPS) is 14.4. The fraction of sp³-hybridized carbons (Fsp3) is 0.300. The highest BCUT2D eigenvalue weighted by molar-refractivity contribution is 6.31. The second-order valence-electron chi connectivity index (χ2n) is 6.22. The minimum absolute atomic E-state index is 0.0763. The average Bonchev–Trinajstić information content (AvgIpc) is 2.63. The highest BCUT2D eigenvalue weighted by Crippen LogP contribution is 2.22. The van der Waals surface area contributed by atoms with E-state index in [9.17, 15) is 9.59 Å². The molecule has 0 atom stereocenters. The molecule has 0 radical (unpaired) electrons. The molecule has 1 heterocycles. The molecule has 2 aromatic carbocycles. The van der Waals surface area contributed by atoms with E-state index in [1.807, 2.05) is 47.4 Å². The molecule has 0 aliphatic carbocycles. The Labute approximate surface area is 152 Å². The van der Waals surface area contributed by atoms with Gasteiger partial charge in [0.05, 0.1) is 6.42 Å². The predicted octanol–water partition coefficient (Wildman–Crippen LogP) is 3.72. The summed E-state index contributed by atoms with van der Waals surface area (Å²) in [5.41, 5.74) is 2.69. The molecular formula is C20H21ClN2O2. The van der Waals surface area contributed by atoms with Crippen molar-refractivity contribution in [2.45, 2.75) is 32.2 Å². The summed E-state index contributed by atoms with van der Waals surface area (Å²) in [6.45, 7) is 1.19. The van der Waals surface area contributed by atoms with Gasteiger partial charge in [-0.3, -0.25) is 9.59 Å². The molecule has 1 aliphatic heterocycles. The van der Waals surface area contributed by atoms with Crippen LogP contribution in [0.25, 0.3) is 0 Å². The fourth-order valence-corrected chi connectivity index (χ4v) is 3.19. The number of amides is 2. The van der Waals surface area contributed by atoms with E-state index >= 15 is 0 Å². The first-order valence-electron chi connectivity index (χ1n) is 8.53. The van der Waals surface area contributed by atoms with Gasteiger partial charge in [0.2, 0.25) is 11.8 Å². The minimum atomic E-state index is -0.0763. The van der Waals surface area contributed by atoms with Crippen molar-refractivity contribution in [2.75, 3.05) is 11.4 Å². The lowest BCUT2D eigenvalue weighted by atomic mass is 10.1. The second-order valence-corrected chi connectivity index (χ2v) is 6.62. The van der Waals surface area contributed by atoms with E-state index in [2.05, 4.69) is 5.32 Å². The lowest BCUT2D eigenvalue weighted by Crippen LogP contribution is -2.35. The number of halogens is 1. The predicted molar refractivity (Wildman–Crippen MR) is 99.6 cm³/mol. The number of nitrogens with one attached hydrogen (secondary N) is 1. The molecule has 0 saturated carbocycles. The SMILES string of the molecule is O=C(Cc1ccccc1Cl)NCc1cccc(N2CCCCC2=O)c1. The van der Waals surface area contributed by atoms with Gasteiger partial charge in [-0.15, -0.1) is 0 Å². The molecule has 0 bridgehead atoms. The van der Waals surface area contributed by atoms with Gasteiger partial charge >= 0.3 is 0 Å². The number of hydrogen-bond donors (Lipinski definition) is 1. The fourth-order valence-electron chi connectivity index (χ4n) is 2.99. The summed E-state index contributed by atoms with van der Waals surface area (Å²) in [5.74, 6) is 0.0960. The molecule has 2 amide bonds. The first-order chi connectivity index (χ1) is 12.1. The van der Waals surface area contributed by atoms with Gasteiger partial charge < -0.3 is 10.2 Å². The van der Waals surface area contributed by atoms with Crippen LogP contribution in [0.3, 0.4) is 0 Å². The Kier molecular flexibility index (Phi) is 5.71. The van der Waals surface area contributed by atoms with Crippen LogP contribution in [0.4, 0.5) is 5.69 Å². The average molecular weight is 357 g/mol. The third-order valence-corrected chi connectivity index (χ3v) is 4.71. The van der Waals surface area contributed by atoms with Crippen LogP contribution >= 0.6 is 11.6 Å². The van der Waals surface area contributed by atoms with E-state index in [1.54, 1.807) is 6.07 Å². The molecule has 0 spiro atoms. The van der Waals surface area contributed by atoms with Crippen molar-refractivity contribution in [2.24, 2.45) is 0 Å². The maximum atomic E-state index is 12.1. The van der Waals surface area contributed by atoms with Crippen molar-refractivity contribution in [1.29, 1.82) is 0 Å². The molecule has 5 heteroatoms. The van der Waals surface area contributed by atoms with Crippen LogP contribution in [0, 0.1) is 0 Å². The number of carbonyl (C=O) groups excluding carboxylic acids is 2. The summed E-state index contributed by atoms with van der Waals surface area (Å²) in [5, 5.41) is 3.52. The van der Waals surface area contributed by atoms with E-state index in [0.29, 0.717) is 18.0 Å². The van der Waals surface area contributed by atoms with E-state index < -0.39 is 0 Å². The second kappa shape index (κ2) is 8.17. The van der Waals surface area contributed by atoms with Gasteiger partial charge in [-0.2, -0.15) is 0 Å². The first-order valence-corrected chi connectivity index (χ1v) is 8.91. The molecular weight excluding hydrogens is 336 g/mol. The third kappa shape index (κ3) is 4.60. The van der Waals surface area contributed by atoms with Crippen LogP contribution < -0.4 is 10.2 Å². The summed E-state index contributed by atoms with van der Waals surface area (Å²) >= 11 is 6.09. The standard InChI is InChI=1S/C20H21ClN2O2/c21-18-9-2-1-7-16(18)13-19(24)22-14-15-6-5-8-17(12-15)23-11-4-3-10-20(23)25/h1-2,5-9,12H,3-4,10-11,13-14H2,(H,22,24). The molecule has 2 aromatic rings. The molecule has 25 heavy (non-hydrogen) atoms. The Morgan fingerprint density at radius 1 is 1.12 bits per heavy atom. The van der Waals surface area contributed by atoms with Crippen LogP contribution in [-0.2, 0) is 22.6 Å². The van der Waals surface area contributed by atoms with Crippen molar-refractivity contribution >= 4 is 29.1 Å². The molecule has 1 saturated heterocycles. The Bertz CT molecular complexity index is 776. The maximum absolute atomic E-state index is 12.1. The lowest BCUT2D eigenvalue weighted by molar-refractivity contribution is -0.121. The summed E-state index contributed by atoms with van der Waals surface area (Å²) in [6, 6.07) is 15.1. The summed E-state index contributed by atoms with van der Waals surface area (Å²) in [4.78, 5) is 26.0. The van der Waals surface area contributed by atoms with Crippen LogP contribution in [-0.4, -0.2) is 18.4 Å². The van der Waals surface area contributed by atoms with Crippen LogP contribution in [0.5, 0.6) is 0 Å². The smallest absolute Gasteiger partial charge is 0.226 e. The van der Waals surface area contributed by atoms with Crippen molar-refractivity contribution in [3.63, 3.8) is 0 Å². The quantitative estimate of drug-likeness (QED) is 0.887. The molecule has 130 valence electrons. The monoisotopic (exact) mass is 356 g/mol. The largest absolute Gasteiger partial charge is 0.352 e. The summed E-state index contributed by atoms with van der Waals surface area (Å²) in [6.07, 6.45) is 2.86. The Hall–Kier alpha value is -2.33. The lowest BCUT2D eigenvalue weighted by Gasteiger charge is -2.27. The highest BCUT2D eigenvalue weighted by atomic mass is 35.5. The number of benzene rings is 2. The highest BCUT2D eigenvalue weighted by Gasteiger charge is 2.19. The van der Waals surface area contributed by atoms with Gasteiger partial charge in [0.25, 0.3) is 0 Å². The van der Waals surface area contributed by atoms with Gasteiger partial charge in [-0.05, 0) is 42.2 Å². The van der Waals surface area contributed by atoms with E-state index in [0.717, 1.165) is 36.2 Å².